The predicted molar refractivity (Wildman–Crippen MR) is 55.8 cm³/mol. The Morgan fingerprint density at radius 1 is 1.50 bits per heavy atom. The van der Waals surface area contributed by atoms with Gasteiger partial charge in [-0.3, -0.25) is 9.59 Å². The van der Waals surface area contributed by atoms with Crippen LogP contribution in [-0.2, 0) is 14.3 Å². The van der Waals surface area contributed by atoms with Gasteiger partial charge in [-0.1, -0.05) is 25.1 Å². The number of carbonyl (C=O) groups excluding carboxylic acids is 2. The highest BCUT2D eigenvalue weighted by molar-refractivity contribution is 5.77. The second-order valence-electron chi connectivity index (χ2n) is 3.55. The van der Waals surface area contributed by atoms with E-state index in [1.165, 1.54) is 0 Å². The molecule has 0 bridgehead atoms. The van der Waals surface area contributed by atoms with Gasteiger partial charge in [-0.2, -0.15) is 0 Å². The Balaban J connectivity index is 2.26. The molecule has 4 nitrogen and oxygen atoms in total. The lowest BCUT2D eigenvalue weighted by Gasteiger charge is -2.24. The summed E-state index contributed by atoms with van der Waals surface area (Å²) in [4.78, 5) is 22.5. The molecule has 84 valence electrons. The molecule has 0 N–H and O–H groups in total. The van der Waals surface area contributed by atoms with E-state index in [1.54, 1.807) is 25.1 Å². The number of rotatable bonds is 2. The number of fused-ring (bicyclic) bond motifs is 1. The van der Waals surface area contributed by atoms with Gasteiger partial charge in [-0.15, -0.1) is 0 Å². The Morgan fingerprint density at radius 2 is 2.25 bits per heavy atom. The van der Waals surface area contributed by atoms with E-state index in [0.717, 1.165) is 5.56 Å². The summed E-state index contributed by atoms with van der Waals surface area (Å²) in [7, 11) is 0. The number of para-hydroxylation sites is 1. The fourth-order valence-corrected chi connectivity index (χ4v) is 1.61. The molecular weight excluding hydrogens is 208 g/mol. The van der Waals surface area contributed by atoms with Crippen LogP contribution in [0.5, 0.6) is 5.75 Å². The van der Waals surface area contributed by atoms with E-state index in [2.05, 4.69) is 0 Å². The van der Waals surface area contributed by atoms with Gasteiger partial charge in [0, 0.05) is 12.0 Å². The van der Waals surface area contributed by atoms with Gasteiger partial charge in [-0.25, -0.2) is 0 Å². The van der Waals surface area contributed by atoms with Crippen LogP contribution in [0.3, 0.4) is 0 Å². The summed E-state index contributed by atoms with van der Waals surface area (Å²) >= 11 is 0. The van der Waals surface area contributed by atoms with Crippen molar-refractivity contribution in [2.24, 2.45) is 0 Å². The highest BCUT2D eigenvalue weighted by atomic mass is 16.6. The lowest BCUT2D eigenvalue weighted by atomic mass is 10.0. The van der Waals surface area contributed by atoms with Crippen molar-refractivity contribution in [3.63, 3.8) is 0 Å². The summed E-state index contributed by atoms with van der Waals surface area (Å²) in [5.74, 6) is -0.199. The maximum atomic E-state index is 11.3. The number of ether oxygens (including phenoxy) is 2. The third kappa shape index (κ3) is 2.05. The summed E-state index contributed by atoms with van der Waals surface area (Å²) in [5, 5.41) is 0. The molecule has 0 spiro atoms. The molecule has 0 amide bonds. The molecule has 0 saturated heterocycles. The molecule has 1 heterocycles. The lowest BCUT2D eigenvalue weighted by molar-refractivity contribution is -0.154. The first-order valence-corrected chi connectivity index (χ1v) is 5.19. The minimum absolute atomic E-state index is 0.0861. The zero-order valence-corrected chi connectivity index (χ0v) is 8.93. The fourth-order valence-electron chi connectivity index (χ4n) is 1.61. The molecular formula is C12H12O4. The number of benzene rings is 1. The predicted octanol–water partition coefficient (Wildman–Crippen LogP) is 1.99. The van der Waals surface area contributed by atoms with Crippen LogP contribution in [0.4, 0.5) is 0 Å². The largest absolute Gasteiger partial charge is 0.457 e. The smallest absolute Gasteiger partial charge is 0.315 e. The van der Waals surface area contributed by atoms with Gasteiger partial charge < -0.3 is 9.47 Å². The van der Waals surface area contributed by atoms with E-state index in [4.69, 9.17) is 9.47 Å². The maximum Gasteiger partial charge on any atom is 0.315 e. The van der Waals surface area contributed by atoms with E-state index in [9.17, 15) is 9.59 Å². The Kier molecular flexibility index (Phi) is 2.90. The number of hydrogen-bond acceptors (Lipinski definition) is 4. The van der Waals surface area contributed by atoms with E-state index in [-0.39, 0.29) is 18.4 Å². The van der Waals surface area contributed by atoms with Crippen LogP contribution >= 0.6 is 0 Å². The molecule has 0 radical (unpaired) electrons. The second-order valence-corrected chi connectivity index (χ2v) is 3.55. The first-order valence-electron chi connectivity index (χ1n) is 5.19. The highest BCUT2D eigenvalue weighted by Gasteiger charge is 2.29. The third-order valence-electron chi connectivity index (χ3n) is 2.40. The number of carbonyl (C=O) groups is 2. The molecule has 16 heavy (non-hydrogen) atoms. The van der Waals surface area contributed by atoms with Crippen molar-refractivity contribution in [1.82, 2.24) is 0 Å². The number of hydrogen-bond donors (Lipinski definition) is 0. The third-order valence-corrected chi connectivity index (χ3v) is 2.40. The Bertz CT molecular complexity index is 425. The van der Waals surface area contributed by atoms with Crippen molar-refractivity contribution in [1.29, 1.82) is 0 Å². The van der Waals surface area contributed by atoms with E-state index < -0.39 is 6.10 Å². The summed E-state index contributed by atoms with van der Waals surface area (Å²) in [6.45, 7) is 1.72. The van der Waals surface area contributed by atoms with E-state index in [1.807, 2.05) is 6.07 Å². The van der Waals surface area contributed by atoms with E-state index >= 15 is 0 Å². The lowest BCUT2D eigenvalue weighted by Crippen LogP contribution is -2.23. The molecule has 1 atom stereocenters. The average molecular weight is 220 g/mol. The first-order chi connectivity index (χ1) is 7.70. The van der Waals surface area contributed by atoms with Crippen LogP contribution in [0.15, 0.2) is 24.3 Å². The summed E-state index contributed by atoms with van der Waals surface area (Å²) < 4.78 is 10.2. The van der Waals surface area contributed by atoms with Crippen molar-refractivity contribution in [3.8, 4) is 5.75 Å². The van der Waals surface area contributed by atoms with E-state index in [0.29, 0.717) is 12.2 Å². The molecule has 1 aromatic carbocycles. The van der Waals surface area contributed by atoms with Gasteiger partial charge in [0.1, 0.15) is 11.9 Å². The average Bonchev–Trinajstić information content (AvgIpc) is 2.28. The van der Waals surface area contributed by atoms with Crippen LogP contribution in [0.1, 0.15) is 31.4 Å². The Labute approximate surface area is 93.2 Å². The Morgan fingerprint density at radius 3 is 3.00 bits per heavy atom. The van der Waals surface area contributed by atoms with Crippen molar-refractivity contribution < 1.29 is 19.1 Å². The van der Waals surface area contributed by atoms with Gasteiger partial charge in [0.15, 0.2) is 0 Å². The van der Waals surface area contributed by atoms with Crippen LogP contribution in [-0.4, -0.2) is 11.9 Å². The molecule has 4 heteroatoms. The molecule has 2 rings (SSSR count). The Hall–Kier alpha value is -1.84. The molecule has 0 fully saturated rings. The topological polar surface area (TPSA) is 52.6 Å². The first kappa shape index (κ1) is 10.7. The minimum atomic E-state index is -0.509. The van der Waals surface area contributed by atoms with Crippen molar-refractivity contribution >= 4 is 11.9 Å². The van der Waals surface area contributed by atoms with Gasteiger partial charge in [-0.05, 0) is 6.07 Å². The molecule has 1 aromatic rings. The summed E-state index contributed by atoms with van der Waals surface area (Å²) in [6, 6.07) is 7.09. The van der Waals surface area contributed by atoms with Gasteiger partial charge in [0.2, 0.25) is 0 Å². The van der Waals surface area contributed by atoms with Gasteiger partial charge >= 0.3 is 11.9 Å². The quantitative estimate of drug-likeness (QED) is 0.565. The van der Waals surface area contributed by atoms with Crippen molar-refractivity contribution in [3.05, 3.63) is 29.8 Å². The van der Waals surface area contributed by atoms with Crippen LogP contribution in [0.2, 0.25) is 0 Å². The molecule has 0 aliphatic carbocycles. The van der Waals surface area contributed by atoms with Crippen LogP contribution in [0, 0.1) is 0 Å². The van der Waals surface area contributed by atoms with Crippen molar-refractivity contribution in [2.75, 3.05) is 0 Å². The molecule has 0 saturated carbocycles. The van der Waals surface area contributed by atoms with Crippen LogP contribution in [0.25, 0.3) is 0 Å². The number of esters is 2. The van der Waals surface area contributed by atoms with Crippen molar-refractivity contribution in [2.45, 2.75) is 25.9 Å². The maximum absolute atomic E-state index is 11.3. The summed E-state index contributed by atoms with van der Waals surface area (Å²) in [5.41, 5.74) is 0.754. The van der Waals surface area contributed by atoms with Gasteiger partial charge in [0.25, 0.3) is 0 Å². The SMILES string of the molecule is CCC(=O)OC1CC(=O)Oc2ccccc21. The van der Waals surface area contributed by atoms with Crippen LogP contribution < -0.4 is 4.74 Å². The van der Waals surface area contributed by atoms with Gasteiger partial charge in [0.05, 0.1) is 6.42 Å². The molecule has 1 aliphatic heterocycles. The molecule has 1 unspecified atom stereocenters. The zero-order valence-electron chi connectivity index (χ0n) is 8.93. The monoisotopic (exact) mass is 220 g/mol. The molecule has 0 aromatic heterocycles. The molecule has 1 aliphatic rings. The summed E-state index contributed by atoms with van der Waals surface area (Å²) in [6.07, 6.45) is -0.124. The zero-order chi connectivity index (χ0) is 11.5. The standard InChI is InChI=1S/C12H12O4/c1-2-11(13)16-10-7-12(14)15-9-6-4-3-5-8(9)10/h3-6,10H,2,7H2,1H3. The highest BCUT2D eigenvalue weighted by Crippen LogP contribution is 2.34. The normalized spacial score (nSPS) is 18.6. The second kappa shape index (κ2) is 4.35. The minimum Gasteiger partial charge on any atom is -0.457 e. The fraction of sp³-hybridized carbons (Fsp3) is 0.333.